The van der Waals surface area contributed by atoms with Gasteiger partial charge in [-0.3, -0.25) is 4.98 Å². The van der Waals surface area contributed by atoms with Crippen molar-refractivity contribution in [2.45, 2.75) is 13.0 Å². The number of rotatable bonds is 1. The van der Waals surface area contributed by atoms with Gasteiger partial charge in [0.25, 0.3) is 0 Å². The molecule has 0 fully saturated rings. The molecule has 1 rings (SSSR count). The highest BCUT2D eigenvalue weighted by Gasteiger charge is 1.95. The van der Waals surface area contributed by atoms with Crippen LogP contribution in [0, 0.1) is 0 Å². The van der Waals surface area contributed by atoms with Crippen LogP contribution in [0.4, 0.5) is 0 Å². The van der Waals surface area contributed by atoms with Gasteiger partial charge >= 0.3 is 0 Å². The molecule has 0 spiro atoms. The molecule has 0 amide bonds. The first-order chi connectivity index (χ1) is 5.72. The fraction of sp³-hybridized carbons (Fsp3) is 0.444. The molecule has 3 heteroatoms. The Labute approximate surface area is 74.0 Å². The van der Waals surface area contributed by atoms with E-state index >= 15 is 0 Å². The van der Waals surface area contributed by atoms with E-state index in [0.29, 0.717) is 0 Å². The van der Waals surface area contributed by atoms with E-state index in [9.17, 15) is 0 Å². The first-order valence-electron chi connectivity index (χ1n) is 3.97. The highest BCUT2D eigenvalue weighted by molar-refractivity contribution is 5.06. The third-order valence-corrected chi connectivity index (χ3v) is 1.15. The van der Waals surface area contributed by atoms with Gasteiger partial charge in [0.05, 0.1) is 5.69 Å². The third kappa shape index (κ3) is 4.82. The summed E-state index contributed by atoms with van der Waals surface area (Å²) < 4.78 is 0. The molecular formula is C9H17N3. The van der Waals surface area contributed by atoms with Crippen molar-refractivity contribution in [2.24, 2.45) is 5.73 Å². The number of hydrogen-bond acceptors (Lipinski definition) is 3. The van der Waals surface area contributed by atoms with E-state index in [4.69, 9.17) is 5.73 Å². The molecule has 12 heavy (non-hydrogen) atoms. The fourth-order valence-corrected chi connectivity index (χ4v) is 0.645. The standard InChI is InChI=1S/C7H10N2.C2H7N/c1-6(8)7-4-2-3-5-9-7;1-3-2/h2-6H,8H2,1H3;3H,1-2H3. The van der Waals surface area contributed by atoms with Gasteiger partial charge in [0.15, 0.2) is 0 Å². The van der Waals surface area contributed by atoms with Crippen LogP contribution in [0.5, 0.6) is 0 Å². The third-order valence-electron chi connectivity index (χ3n) is 1.15. The molecule has 0 radical (unpaired) electrons. The van der Waals surface area contributed by atoms with Crippen LogP contribution in [-0.2, 0) is 0 Å². The van der Waals surface area contributed by atoms with Crippen molar-refractivity contribution in [2.75, 3.05) is 14.1 Å². The minimum atomic E-state index is 0.0474. The summed E-state index contributed by atoms with van der Waals surface area (Å²) in [7, 11) is 3.75. The lowest BCUT2D eigenvalue weighted by molar-refractivity contribution is 0.781. The summed E-state index contributed by atoms with van der Waals surface area (Å²) in [5.41, 5.74) is 6.49. The van der Waals surface area contributed by atoms with Crippen molar-refractivity contribution in [1.82, 2.24) is 10.3 Å². The molecule has 0 aliphatic rings. The zero-order valence-corrected chi connectivity index (χ0v) is 7.91. The molecule has 0 saturated heterocycles. The van der Waals surface area contributed by atoms with Gasteiger partial charge in [-0.1, -0.05) is 6.07 Å². The topological polar surface area (TPSA) is 50.9 Å². The molecule has 1 heterocycles. The molecule has 3 nitrogen and oxygen atoms in total. The van der Waals surface area contributed by atoms with Gasteiger partial charge < -0.3 is 11.1 Å². The average Bonchev–Trinajstić information content (AvgIpc) is 2.07. The van der Waals surface area contributed by atoms with Crippen LogP contribution < -0.4 is 11.1 Å². The van der Waals surface area contributed by atoms with Gasteiger partial charge in [-0.2, -0.15) is 0 Å². The monoisotopic (exact) mass is 167 g/mol. The van der Waals surface area contributed by atoms with Crippen molar-refractivity contribution < 1.29 is 0 Å². The van der Waals surface area contributed by atoms with Gasteiger partial charge in [0, 0.05) is 12.2 Å². The van der Waals surface area contributed by atoms with Crippen LogP contribution in [0.15, 0.2) is 24.4 Å². The van der Waals surface area contributed by atoms with Crippen molar-refractivity contribution in [3.63, 3.8) is 0 Å². The molecular weight excluding hydrogens is 150 g/mol. The molecule has 0 aromatic carbocycles. The Kier molecular flexibility index (Phi) is 6.24. The average molecular weight is 167 g/mol. The zero-order chi connectivity index (χ0) is 9.40. The SMILES string of the molecule is CC(N)c1ccccn1.CNC. The lowest BCUT2D eigenvalue weighted by Gasteiger charge is -2.00. The minimum Gasteiger partial charge on any atom is -0.323 e. The fourth-order valence-electron chi connectivity index (χ4n) is 0.645. The molecule has 0 bridgehead atoms. The second-order valence-corrected chi connectivity index (χ2v) is 2.54. The molecule has 0 saturated carbocycles. The largest absolute Gasteiger partial charge is 0.323 e. The predicted octanol–water partition coefficient (Wildman–Crippen LogP) is 0.937. The van der Waals surface area contributed by atoms with Crippen molar-refractivity contribution in [3.05, 3.63) is 30.1 Å². The summed E-state index contributed by atoms with van der Waals surface area (Å²) in [6.45, 7) is 1.92. The van der Waals surface area contributed by atoms with Crippen LogP contribution in [0.1, 0.15) is 18.7 Å². The molecule has 1 aromatic heterocycles. The van der Waals surface area contributed by atoms with Crippen molar-refractivity contribution in [3.8, 4) is 0 Å². The van der Waals surface area contributed by atoms with E-state index in [1.54, 1.807) is 6.20 Å². The molecule has 3 N–H and O–H groups in total. The molecule has 1 unspecified atom stereocenters. The maximum absolute atomic E-state index is 5.55. The van der Waals surface area contributed by atoms with Crippen LogP contribution >= 0.6 is 0 Å². The lowest BCUT2D eigenvalue weighted by Crippen LogP contribution is -2.06. The highest BCUT2D eigenvalue weighted by atomic mass is 14.7. The summed E-state index contributed by atoms with van der Waals surface area (Å²) in [4.78, 5) is 4.05. The van der Waals surface area contributed by atoms with Crippen LogP contribution in [0.2, 0.25) is 0 Å². The predicted molar refractivity (Wildman–Crippen MR) is 51.8 cm³/mol. The molecule has 1 aromatic rings. The summed E-state index contributed by atoms with van der Waals surface area (Å²) in [6, 6.07) is 5.79. The van der Waals surface area contributed by atoms with Gasteiger partial charge in [0.2, 0.25) is 0 Å². The van der Waals surface area contributed by atoms with E-state index < -0.39 is 0 Å². The van der Waals surface area contributed by atoms with E-state index in [1.807, 2.05) is 39.2 Å². The maximum atomic E-state index is 5.55. The molecule has 0 aliphatic heterocycles. The first-order valence-corrected chi connectivity index (χ1v) is 3.97. The Morgan fingerprint density at radius 3 is 2.25 bits per heavy atom. The number of nitrogens with zero attached hydrogens (tertiary/aromatic N) is 1. The first kappa shape index (κ1) is 11.1. The Balaban J connectivity index is 0.000000354. The van der Waals surface area contributed by atoms with Gasteiger partial charge in [-0.15, -0.1) is 0 Å². The normalized spacial score (nSPS) is 11.3. The molecule has 0 aliphatic carbocycles. The zero-order valence-electron chi connectivity index (χ0n) is 7.91. The number of hydrogen-bond donors (Lipinski definition) is 2. The van der Waals surface area contributed by atoms with Crippen LogP contribution in [-0.4, -0.2) is 19.1 Å². The van der Waals surface area contributed by atoms with E-state index in [-0.39, 0.29) is 6.04 Å². The second kappa shape index (κ2) is 6.76. The molecule has 1 atom stereocenters. The van der Waals surface area contributed by atoms with Gasteiger partial charge in [0.1, 0.15) is 0 Å². The minimum absolute atomic E-state index is 0.0474. The van der Waals surface area contributed by atoms with Crippen LogP contribution in [0.3, 0.4) is 0 Å². The Morgan fingerprint density at radius 1 is 1.42 bits per heavy atom. The number of aromatic nitrogens is 1. The Bertz CT molecular complexity index is 184. The summed E-state index contributed by atoms with van der Waals surface area (Å²) in [5.74, 6) is 0. The van der Waals surface area contributed by atoms with Gasteiger partial charge in [-0.25, -0.2) is 0 Å². The smallest absolute Gasteiger partial charge is 0.0568 e. The summed E-state index contributed by atoms with van der Waals surface area (Å²) in [5, 5.41) is 2.75. The number of nitrogens with two attached hydrogens (primary N) is 1. The van der Waals surface area contributed by atoms with Gasteiger partial charge in [-0.05, 0) is 33.2 Å². The highest BCUT2D eigenvalue weighted by Crippen LogP contribution is 2.02. The number of nitrogens with one attached hydrogen (secondary N) is 1. The van der Waals surface area contributed by atoms with Crippen molar-refractivity contribution in [1.29, 1.82) is 0 Å². The summed E-state index contributed by atoms with van der Waals surface area (Å²) >= 11 is 0. The Hall–Kier alpha value is -0.930. The van der Waals surface area contributed by atoms with Crippen LogP contribution in [0.25, 0.3) is 0 Å². The van der Waals surface area contributed by atoms with E-state index in [1.165, 1.54) is 0 Å². The summed E-state index contributed by atoms with van der Waals surface area (Å²) in [6.07, 6.45) is 1.75. The molecule has 68 valence electrons. The lowest BCUT2D eigenvalue weighted by atomic mass is 10.2. The maximum Gasteiger partial charge on any atom is 0.0568 e. The van der Waals surface area contributed by atoms with E-state index in [0.717, 1.165) is 5.69 Å². The Morgan fingerprint density at radius 2 is 2.00 bits per heavy atom. The second-order valence-electron chi connectivity index (χ2n) is 2.54. The number of pyridine rings is 1. The van der Waals surface area contributed by atoms with Crippen molar-refractivity contribution >= 4 is 0 Å². The van der Waals surface area contributed by atoms with E-state index in [2.05, 4.69) is 10.3 Å². The quantitative estimate of drug-likeness (QED) is 0.654.